The van der Waals surface area contributed by atoms with Crippen molar-refractivity contribution in [3.05, 3.63) is 35.5 Å². The molecule has 0 aliphatic carbocycles. The van der Waals surface area contributed by atoms with Gasteiger partial charge < -0.3 is 14.6 Å². The van der Waals surface area contributed by atoms with E-state index in [0.717, 1.165) is 0 Å². The van der Waals surface area contributed by atoms with Gasteiger partial charge in [-0.3, -0.25) is 29.0 Å². The second kappa shape index (κ2) is 13.5. The number of halogens is 1. The van der Waals surface area contributed by atoms with Crippen LogP contribution in [0, 0.1) is 5.92 Å². The Morgan fingerprint density at radius 2 is 1.96 bits per heavy atom. The summed E-state index contributed by atoms with van der Waals surface area (Å²) in [6.45, 7) is 2.10. The molecule has 0 saturated carbocycles. The lowest BCUT2D eigenvalue weighted by atomic mass is 10.1. The molecule has 1 amide bonds. The fourth-order valence-corrected chi connectivity index (χ4v) is 6.66. The fraction of sp³-hybridized carbons (Fsp3) is 0.542. The Balaban J connectivity index is 1.21. The molecule has 0 radical (unpaired) electrons. The molecular weight excluding hydrogens is 686 g/mol. The van der Waals surface area contributed by atoms with E-state index in [2.05, 4.69) is 39.9 Å². The van der Waals surface area contributed by atoms with Crippen LogP contribution < -0.4 is 15.6 Å². The molecule has 2 saturated heterocycles. The molecule has 6 rings (SSSR count). The highest BCUT2D eigenvalue weighted by Gasteiger charge is 2.52. The number of anilines is 1. The van der Waals surface area contributed by atoms with Crippen LogP contribution in [0.25, 0.3) is 22.3 Å². The molecule has 258 valence electrons. The number of aliphatic hydroxyl groups is 1. The summed E-state index contributed by atoms with van der Waals surface area (Å²) in [5.41, 5.74) is -0.409. The largest absolute Gasteiger partial charge is 0.695 e. The number of amides is 1. The van der Waals surface area contributed by atoms with Crippen molar-refractivity contribution in [2.24, 2.45) is 5.92 Å². The van der Waals surface area contributed by atoms with Crippen LogP contribution in [0.2, 0.25) is 0 Å². The van der Waals surface area contributed by atoms with Crippen molar-refractivity contribution in [3.63, 3.8) is 0 Å². The quantitative estimate of drug-likeness (QED) is 0.114. The minimum Gasteiger partial charge on any atom is -0.394 e. The average Bonchev–Trinajstić information content (AvgIpc) is 3.81. The molecule has 2 aliphatic rings. The second-order valence-corrected chi connectivity index (χ2v) is 13.2. The summed E-state index contributed by atoms with van der Waals surface area (Å²) < 4.78 is 79.9. The van der Waals surface area contributed by atoms with Crippen LogP contribution in [0.3, 0.4) is 0 Å². The van der Waals surface area contributed by atoms with Gasteiger partial charge in [0.15, 0.2) is 41.5 Å². The van der Waals surface area contributed by atoms with Crippen LogP contribution in [-0.4, -0.2) is 107 Å². The summed E-state index contributed by atoms with van der Waals surface area (Å²) in [7, 11) is -8.02. The summed E-state index contributed by atoms with van der Waals surface area (Å²) in [6, 6.07) is 0. The van der Waals surface area contributed by atoms with Gasteiger partial charge in [0.1, 0.15) is 24.1 Å². The molecule has 8 atom stereocenters. The van der Waals surface area contributed by atoms with E-state index in [0.29, 0.717) is 5.52 Å². The second-order valence-electron chi connectivity index (χ2n) is 11.1. The van der Waals surface area contributed by atoms with Gasteiger partial charge in [-0.25, -0.2) is 28.5 Å². The number of aromatic nitrogens is 8. The third kappa shape index (κ3) is 6.81. The van der Waals surface area contributed by atoms with Crippen molar-refractivity contribution in [2.75, 3.05) is 18.5 Å². The lowest BCUT2D eigenvalue weighted by molar-refractivity contribution is -0.118. The Morgan fingerprint density at radius 3 is 2.69 bits per heavy atom. The smallest absolute Gasteiger partial charge is 0.394 e. The van der Waals surface area contributed by atoms with Crippen molar-refractivity contribution in [1.82, 2.24) is 43.8 Å². The number of ether oxygens (including phenoxy) is 2. The molecule has 6 heterocycles. The van der Waals surface area contributed by atoms with Crippen LogP contribution in [0.15, 0.2) is 30.0 Å². The van der Waals surface area contributed by atoms with Crippen LogP contribution in [-0.2, 0) is 37.8 Å². The van der Waals surface area contributed by atoms with Gasteiger partial charge in [0.2, 0.25) is 11.9 Å². The minimum atomic E-state index is -4.70. The van der Waals surface area contributed by atoms with E-state index < -0.39 is 92.1 Å². The number of nitrogens with zero attached hydrogens (tertiary/aromatic N) is 7. The van der Waals surface area contributed by atoms with E-state index in [-0.39, 0.29) is 29.2 Å². The van der Waals surface area contributed by atoms with E-state index in [1.54, 1.807) is 13.8 Å². The van der Waals surface area contributed by atoms with Crippen molar-refractivity contribution in [1.29, 1.82) is 0 Å². The van der Waals surface area contributed by atoms with Gasteiger partial charge >= 0.3 is 18.6 Å². The van der Waals surface area contributed by atoms with Gasteiger partial charge in [-0.15, -0.1) is 9.42 Å². The number of alkyl halides is 1. The number of fused-ring (bicyclic) bond motifs is 2. The Labute approximate surface area is 270 Å². The van der Waals surface area contributed by atoms with Gasteiger partial charge in [-0.1, -0.05) is 13.8 Å². The molecule has 24 heteroatoms. The SMILES string of the molecule is CC(C)C(=O)Nc1nc2c(ncn2[C@@H]2O[C@H](CO)C[C@H]2OS(=O)(=O)NC[C@H]2O[C@H](n3cnc4cncnc43)[C@H](F)[C@@H]2O[P+](=O)O)c(=O)[nH]1. The zero-order valence-corrected chi connectivity index (χ0v) is 26.7. The predicted octanol–water partition coefficient (Wildman–Crippen LogP) is -0.676. The summed E-state index contributed by atoms with van der Waals surface area (Å²) in [6.07, 6.45) is -5.28. The maximum atomic E-state index is 15.6. The van der Waals surface area contributed by atoms with Gasteiger partial charge in [0.05, 0.1) is 31.6 Å². The lowest BCUT2D eigenvalue weighted by Gasteiger charge is -2.21. The molecule has 2 fully saturated rings. The Kier molecular flexibility index (Phi) is 9.57. The number of hydrogen-bond donors (Lipinski definition) is 5. The number of carbonyl (C=O) groups excluding carboxylic acids is 1. The first-order chi connectivity index (χ1) is 22.8. The van der Waals surface area contributed by atoms with Crippen LogP contribution in [0.5, 0.6) is 0 Å². The number of nitrogens with one attached hydrogen (secondary N) is 3. The summed E-state index contributed by atoms with van der Waals surface area (Å²) in [5, 5.41) is 12.3. The molecular formula is C24H29FN10O11PS+. The number of aromatic amines is 1. The molecule has 5 N–H and O–H groups in total. The first kappa shape index (κ1) is 34.0. The van der Waals surface area contributed by atoms with E-state index in [1.807, 2.05) is 0 Å². The maximum Gasteiger partial charge on any atom is 0.695 e. The van der Waals surface area contributed by atoms with Crippen molar-refractivity contribution < 1.29 is 50.3 Å². The predicted molar refractivity (Wildman–Crippen MR) is 158 cm³/mol. The number of carbonyl (C=O) groups is 1. The monoisotopic (exact) mass is 715 g/mol. The molecule has 0 aromatic carbocycles. The molecule has 2 aliphatic heterocycles. The molecule has 0 spiro atoms. The summed E-state index contributed by atoms with van der Waals surface area (Å²) in [5.74, 6) is -1.04. The zero-order chi connectivity index (χ0) is 34.3. The number of rotatable bonds is 12. The minimum absolute atomic E-state index is 0.0739. The first-order valence-corrected chi connectivity index (χ1v) is 16.9. The van der Waals surface area contributed by atoms with E-state index in [4.69, 9.17) is 18.2 Å². The molecule has 0 bridgehead atoms. The van der Waals surface area contributed by atoms with Crippen molar-refractivity contribution >= 4 is 52.7 Å². The molecule has 21 nitrogen and oxygen atoms in total. The van der Waals surface area contributed by atoms with Crippen LogP contribution in [0.4, 0.5) is 10.3 Å². The lowest BCUT2D eigenvalue weighted by Crippen LogP contribution is -2.41. The van der Waals surface area contributed by atoms with Crippen LogP contribution >= 0.6 is 8.25 Å². The third-order valence-corrected chi connectivity index (χ3v) is 8.97. The highest BCUT2D eigenvalue weighted by Crippen LogP contribution is 2.39. The molecule has 4 aromatic rings. The number of hydrogen-bond acceptors (Lipinski definition) is 15. The Bertz CT molecular complexity index is 2010. The fourth-order valence-electron chi connectivity index (χ4n) is 5.26. The highest BCUT2D eigenvalue weighted by molar-refractivity contribution is 7.84. The van der Waals surface area contributed by atoms with Gasteiger partial charge in [0.25, 0.3) is 5.56 Å². The van der Waals surface area contributed by atoms with Gasteiger partial charge in [-0.05, 0) is 0 Å². The standard InChI is InChI=1S/C24H28FN10O11PS/c1-10(2)20(37)32-24-31-19-16(21(38)33-24)29-9-35(19)22-13(3-11(6-36)43-22)46-48(41,42)30-5-14-17(45-47(39)40)15(25)23(44-14)34-8-28-12-4-26-7-27-18(12)34/h4,7-11,13-15,17,22-23,30,36H,3,5-6H2,1-2H3,(H2-,31,32,33,37,38,39,40)/p+1/t11-,13+,14+,15+,17+,22+,23-/m0/s1. The van der Waals surface area contributed by atoms with Crippen LogP contribution in [0.1, 0.15) is 32.7 Å². The summed E-state index contributed by atoms with van der Waals surface area (Å²) in [4.78, 5) is 56.9. The Morgan fingerprint density at radius 1 is 1.21 bits per heavy atom. The van der Waals surface area contributed by atoms with E-state index in [1.165, 1.54) is 34.3 Å². The molecule has 1 unspecified atom stereocenters. The summed E-state index contributed by atoms with van der Waals surface area (Å²) >= 11 is 0. The topological polar surface area (TPSA) is 277 Å². The number of aliphatic hydroxyl groups excluding tert-OH is 1. The number of imidazole rings is 2. The Hall–Kier alpha value is -3.93. The number of H-pyrrole nitrogens is 1. The van der Waals surface area contributed by atoms with E-state index >= 15 is 4.39 Å². The van der Waals surface area contributed by atoms with Gasteiger partial charge in [0, 0.05) is 23.4 Å². The average molecular weight is 716 g/mol. The van der Waals surface area contributed by atoms with Crippen molar-refractivity contribution in [2.45, 2.75) is 63.3 Å². The van der Waals surface area contributed by atoms with Gasteiger partial charge in [-0.2, -0.15) is 18.1 Å². The zero-order valence-electron chi connectivity index (χ0n) is 25.0. The maximum absolute atomic E-state index is 15.6. The molecule has 4 aromatic heterocycles. The first-order valence-electron chi connectivity index (χ1n) is 14.3. The van der Waals surface area contributed by atoms with Crippen molar-refractivity contribution in [3.8, 4) is 0 Å². The third-order valence-electron chi connectivity index (χ3n) is 7.52. The highest BCUT2D eigenvalue weighted by atomic mass is 32.2. The van der Waals surface area contributed by atoms with E-state index in [9.17, 15) is 32.6 Å². The molecule has 48 heavy (non-hydrogen) atoms. The normalized spacial score (nSPS) is 26.5.